The van der Waals surface area contributed by atoms with Crippen LogP contribution in [0.2, 0.25) is 0 Å². The van der Waals surface area contributed by atoms with Crippen LogP contribution >= 0.6 is 28.5 Å². The fourth-order valence-electron chi connectivity index (χ4n) is 4.77. The Morgan fingerprint density at radius 1 is 1.03 bits per heavy atom. The molecule has 0 spiro atoms. The van der Waals surface area contributed by atoms with Crippen molar-refractivity contribution in [1.29, 1.82) is 0 Å². The van der Waals surface area contributed by atoms with Crippen molar-refractivity contribution < 1.29 is 22.8 Å². The molecule has 36 heavy (non-hydrogen) atoms. The molecule has 8 heteroatoms. The molecular weight excluding hydrogens is 594 g/mol. The predicted molar refractivity (Wildman–Crippen MR) is 150 cm³/mol. The topological polar surface area (TPSA) is 30.9 Å². The minimum absolute atomic E-state index is 0.182. The summed E-state index contributed by atoms with van der Waals surface area (Å²) in [6.07, 6.45) is -0.368. The molecule has 2 aliphatic heterocycles. The first kappa shape index (κ1) is 25.4. The molecule has 2 aliphatic rings. The summed E-state index contributed by atoms with van der Waals surface area (Å²) in [5.74, 6) is 2.22. The number of fused-ring (bicyclic) bond motifs is 1. The van der Waals surface area contributed by atoms with Gasteiger partial charge in [-0.1, -0.05) is 24.3 Å². The molecular formula is C28H27F2INO3P. The quantitative estimate of drug-likeness (QED) is 0.183. The van der Waals surface area contributed by atoms with E-state index in [-0.39, 0.29) is 24.5 Å². The Hall–Kier alpha value is -2.22. The molecule has 2 heterocycles. The lowest BCUT2D eigenvalue weighted by Crippen LogP contribution is -2.49. The van der Waals surface area contributed by atoms with E-state index in [0.717, 1.165) is 64.7 Å². The van der Waals surface area contributed by atoms with E-state index in [1.165, 1.54) is 12.1 Å². The zero-order chi connectivity index (χ0) is 25.1. The summed E-state index contributed by atoms with van der Waals surface area (Å²) in [6.45, 7) is 5.12. The van der Waals surface area contributed by atoms with Crippen molar-refractivity contribution in [3.05, 3.63) is 89.2 Å². The summed E-state index contributed by atoms with van der Waals surface area (Å²) >= 11 is 2.20. The minimum atomic E-state index is -0.368. The second-order valence-corrected chi connectivity index (χ2v) is 10.8. The number of allylic oxidation sites excluding steroid dienone is 1. The number of alkyl halides is 1. The second kappa shape index (κ2) is 11.4. The third-order valence-corrected chi connectivity index (χ3v) is 7.66. The highest BCUT2D eigenvalue weighted by Gasteiger charge is 2.30. The molecule has 0 aromatic heterocycles. The minimum Gasteiger partial charge on any atom is -0.492 e. The highest BCUT2D eigenvalue weighted by molar-refractivity contribution is 14.2. The van der Waals surface area contributed by atoms with Crippen LogP contribution in [0.4, 0.5) is 8.78 Å². The van der Waals surface area contributed by atoms with Crippen LogP contribution in [0.3, 0.4) is 0 Å². The Kier molecular flexibility index (Phi) is 8.09. The van der Waals surface area contributed by atoms with Crippen molar-refractivity contribution in [3.8, 4) is 17.2 Å². The van der Waals surface area contributed by atoms with Crippen molar-refractivity contribution in [2.24, 2.45) is 5.92 Å². The van der Waals surface area contributed by atoms with Gasteiger partial charge in [-0.05, 0) is 82.1 Å². The largest absolute Gasteiger partial charge is 0.492 e. The summed E-state index contributed by atoms with van der Waals surface area (Å²) in [7, 11) is 0. The van der Waals surface area contributed by atoms with Crippen molar-refractivity contribution >= 4 is 39.6 Å². The maximum atomic E-state index is 13.7. The molecule has 2 atom stereocenters. The van der Waals surface area contributed by atoms with Crippen LogP contribution in [0.25, 0.3) is 11.1 Å². The van der Waals surface area contributed by atoms with Gasteiger partial charge in [0.1, 0.15) is 42.2 Å². The van der Waals surface area contributed by atoms with E-state index < -0.39 is 0 Å². The molecule has 3 aromatic carbocycles. The van der Waals surface area contributed by atoms with Gasteiger partial charge in [-0.2, -0.15) is 0 Å². The van der Waals surface area contributed by atoms with Crippen LogP contribution in [0.1, 0.15) is 29.7 Å². The number of ether oxygens (including phenoxy) is 2. The molecule has 0 radical (unpaired) electrons. The van der Waals surface area contributed by atoms with Gasteiger partial charge in [0.05, 0.1) is 6.67 Å². The average Bonchev–Trinajstić information content (AvgIpc) is 2.86. The highest BCUT2D eigenvalue weighted by Crippen LogP contribution is 2.48. The summed E-state index contributed by atoms with van der Waals surface area (Å²) in [5, 5.41) is 0. The predicted octanol–water partition coefficient (Wildman–Crippen LogP) is 7.49. The maximum Gasteiger partial charge on any atom is 0.150 e. The van der Waals surface area contributed by atoms with Crippen molar-refractivity contribution in [1.82, 2.24) is 4.90 Å². The number of hydrogen-bond acceptors (Lipinski definition) is 4. The van der Waals surface area contributed by atoms with E-state index in [1.807, 2.05) is 42.5 Å². The lowest BCUT2D eigenvalue weighted by atomic mass is 9.86. The van der Waals surface area contributed by atoms with Crippen LogP contribution in [-0.2, 0) is 0 Å². The molecule has 0 saturated carbocycles. The SMILES string of the molecule is CC1=C(c2ccc(F)cc2)C(c2ccc(OCCN3CC(CF)C3)cc2)Oc2cc(OPI)ccc21. The monoisotopic (exact) mass is 621 g/mol. The molecule has 5 rings (SSSR count). The van der Waals surface area contributed by atoms with E-state index in [1.54, 1.807) is 12.1 Å². The zero-order valence-electron chi connectivity index (χ0n) is 19.8. The van der Waals surface area contributed by atoms with E-state index in [9.17, 15) is 8.78 Å². The fourth-order valence-corrected chi connectivity index (χ4v) is 5.74. The summed E-state index contributed by atoms with van der Waals surface area (Å²) in [6, 6.07) is 20.4. The lowest BCUT2D eigenvalue weighted by Gasteiger charge is -2.37. The average molecular weight is 621 g/mol. The van der Waals surface area contributed by atoms with Gasteiger partial charge in [-0.3, -0.25) is 9.29 Å². The molecule has 1 fully saturated rings. The van der Waals surface area contributed by atoms with Crippen molar-refractivity contribution in [2.45, 2.75) is 13.0 Å². The lowest BCUT2D eigenvalue weighted by molar-refractivity contribution is 0.0668. The fraction of sp³-hybridized carbons (Fsp3) is 0.286. The van der Waals surface area contributed by atoms with Gasteiger partial charge in [0.2, 0.25) is 0 Å². The summed E-state index contributed by atoms with van der Waals surface area (Å²) < 4.78 is 44.5. The van der Waals surface area contributed by atoms with E-state index in [2.05, 4.69) is 33.9 Å². The molecule has 0 aliphatic carbocycles. The second-order valence-electron chi connectivity index (χ2n) is 9.08. The first-order valence-corrected chi connectivity index (χ1v) is 15.9. The Morgan fingerprint density at radius 3 is 2.44 bits per heavy atom. The number of likely N-dealkylation sites (tertiary alicyclic amines) is 1. The highest BCUT2D eigenvalue weighted by atomic mass is 127. The number of halogens is 3. The normalized spacial score (nSPS) is 18.2. The molecule has 188 valence electrons. The standard InChI is InChI=1S/C28H27F2INO3P/c1-18-25-11-10-24(35-36-31)14-26(25)34-28(27(18)20-2-6-22(30)7-3-20)21-4-8-23(9-5-21)33-13-12-32-16-19(15-29)17-32/h2-11,14,19,28,36H,12-13,15-17H2,1H3. The van der Waals surface area contributed by atoms with Gasteiger partial charge in [0, 0.05) is 42.8 Å². The zero-order valence-corrected chi connectivity index (χ0v) is 23.0. The summed E-state index contributed by atoms with van der Waals surface area (Å²) in [4.78, 5) is 2.20. The van der Waals surface area contributed by atoms with Gasteiger partial charge >= 0.3 is 0 Å². The number of hydrogen-bond donors (Lipinski definition) is 0. The molecule has 3 aromatic rings. The molecule has 0 amide bonds. The van der Waals surface area contributed by atoms with Gasteiger partial charge in [-0.25, -0.2) is 4.39 Å². The van der Waals surface area contributed by atoms with Gasteiger partial charge in [-0.15, -0.1) is 0 Å². The molecule has 2 unspecified atom stereocenters. The first-order valence-electron chi connectivity index (χ1n) is 11.9. The van der Waals surface area contributed by atoms with Crippen LogP contribution < -0.4 is 14.0 Å². The molecule has 1 saturated heterocycles. The van der Waals surface area contributed by atoms with Crippen LogP contribution in [0.15, 0.2) is 66.7 Å². The van der Waals surface area contributed by atoms with Crippen LogP contribution in [0, 0.1) is 11.7 Å². The van der Waals surface area contributed by atoms with Gasteiger partial charge in [0.15, 0.2) is 0 Å². The first-order chi connectivity index (χ1) is 17.6. The maximum absolute atomic E-state index is 13.7. The molecule has 4 nitrogen and oxygen atoms in total. The third-order valence-electron chi connectivity index (χ3n) is 6.69. The Morgan fingerprint density at radius 2 is 1.75 bits per heavy atom. The number of nitrogens with zero attached hydrogens (tertiary/aromatic N) is 1. The number of benzene rings is 3. The van der Waals surface area contributed by atoms with Crippen LogP contribution in [0.5, 0.6) is 17.2 Å². The van der Waals surface area contributed by atoms with E-state index >= 15 is 0 Å². The van der Waals surface area contributed by atoms with E-state index in [0.29, 0.717) is 13.1 Å². The van der Waals surface area contributed by atoms with Crippen molar-refractivity contribution in [2.75, 3.05) is 32.9 Å². The van der Waals surface area contributed by atoms with Crippen molar-refractivity contribution in [3.63, 3.8) is 0 Å². The number of rotatable bonds is 9. The van der Waals surface area contributed by atoms with Gasteiger partial charge < -0.3 is 14.0 Å². The Bertz CT molecular complexity index is 1230. The Balaban J connectivity index is 1.39. The Labute approximate surface area is 225 Å². The van der Waals surface area contributed by atoms with Crippen LogP contribution in [-0.4, -0.2) is 37.8 Å². The van der Waals surface area contributed by atoms with Gasteiger partial charge in [0.25, 0.3) is 0 Å². The van der Waals surface area contributed by atoms with E-state index in [4.69, 9.17) is 14.0 Å². The third kappa shape index (κ3) is 5.53. The molecule has 0 N–H and O–H groups in total. The summed E-state index contributed by atoms with van der Waals surface area (Å²) in [5.41, 5.74) is 4.97. The molecule has 0 bridgehead atoms. The smallest absolute Gasteiger partial charge is 0.150 e.